The van der Waals surface area contributed by atoms with Crippen molar-refractivity contribution >= 4 is 17.5 Å². The highest BCUT2D eigenvalue weighted by Crippen LogP contribution is 2.26. The summed E-state index contributed by atoms with van der Waals surface area (Å²) in [4.78, 5) is 17.2. The zero-order valence-electron chi connectivity index (χ0n) is 15.8. The molecule has 2 heterocycles. The van der Waals surface area contributed by atoms with Crippen molar-refractivity contribution in [1.29, 1.82) is 0 Å². The fraction of sp³-hybridized carbons (Fsp3) is 0.217. The van der Waals surface area contributed by atoms with Gasteiger partial charge in [-0.05, 0) is 17.2 Å². The zero-order valence-corrected chi connectivity index (χ0v) is 16.5. The van der Waals surface area contributed by atoms with E-state index in [1.165, 1.54) is 6.20 Å². The quantitative estimate of drug-likeness (QED) is 0.655. The summed E-state index contributed by atoms with van der Waals surface area (Å²) in [6, 6.07) is 21.0. The van der Waals surface area contributed by atoms with Gasteiger partial charge in [-0.3, -0.25) is 4.79 Å². The third-order valence-electron chi connectivity index (χ3n) is 4.78. The molecule has 0 spiro atoms. The van der Waals surface area contributed by atoms with Gasteiger partial charge in [0.1, 0.15) is 11.1 Å². The number of hydrogen-bond acceptors (Lipinski definition) is 4. The maximum absolute atomic E-state index is 12.9. The molecule has 4 rings (SSSR count). The van der Waals surface area contributed by atoms with Gasteiger partial charge in [-0.25, -0.2) is 4.98 Å². The number of halogens is 1. The van der Waals surface area contributed by atoms with Gasteiger partial charge in [-0.15, -0.1) is 0 Å². The fourth-order valence-corrected chi connectivity index (χ4v) is 3.48. The van der Waals surface area contributed by atoms with Crippen LogP contribution in [0.25, 0.3) is 0 Å². The van der Waals surface area contributed by atoms with Crippen LogP contribution in [0.4, 0.5) is 0 Å². The molecule has 29 heavy (non-hydrogen) atoms. The van der Waals surface area contributed by atoms with Crippen LogP contribution in [0, 0.1) is 0 Å². The molecule has 148 valence electrons. The minimum Gasteiger partial charge on any atom is -0.471 e. The Kier molecular flexibility index (Phi) is 6.08. The van der Waals surface area contributed by atoms with Gasteiger partial charge in [0, 0.05) is 12.6 Å². The third-order valence-corrected chi connectivity index (χ3v) is 5.05. The van der Waals surface area contributed by atoms with Crippen molar-refractivity contribution in [3.8, 4) is 5.88 Å². The van der Waals surface area contributed by atoms with Gasteiger partial charge in [0.05, 0.1) is 24.8 Å². The van der Waals surface area contributed by atoms with Crippen molar-refractivity contribution in [2.75, 3.05) is 13.2 Å². The normalized spacial score (nSPS) is 16.0. The Balaban J connectivity index is 1.54. The molecule has 2 aromatic carbocycles. The molecular formula is C23H21ClN2O3. The van der Waals surface area contributed by atoms with Crippen molar-refractivity contribution in [1.82, 2.24) is 10.3 Å². The SMILES string of the molecule is O=C(NC(c1ccccc1)c1ccccc1)c1cnc(OC2CCOC2)c(Cl)c1. The van der Waals surface area contributed by atoms with Gasteiger partial charge in [-0.2, -0.15) is 0 Å². The predicted octanol–water partition coefficient (Wildman–Crippen LogP) is 4.42. The number of nitrogens with zero attached hydrogens (tertiary/aromatic N) is 1. The Morgan fingerprint density at radius 1 is 1.10 bits per heavy atom. The van der Waals surface area contributed by atoms with E-state index in [2.05, 4.69) is 10.3 Å². The lowest BCUT2D eigenvalue weighted by atomic mass is 9.98. The van der Waals surface area contributed by atoms with E-state index in [0.717, 1.165) is 17.5 Å². The van der Waals surface area contributed by atoms with Crippen molar-refractivity contribution in [2.24, 2.45) is 0 Å². The minimum absolute atomic E-state index is 0.0554. The molecular weight excluding hydrogens is 388 g/mol. The first kappa shape index (κ1) is 19.4. The molecule has 1 N–H and O–H groups in total. The van der Waals surface area contributed by atoms with Crippen LogP contribution in [-0.2, 0) is 4.74 Å². The molecule has 6 heteroatoms. The standard InChI is InChI=1S/C23H21ClN2O3/c24-20-13-18(14-25-23(20)29-19-11-12-28-15-19)22(27)26-21(16-7-3-1-4-8-16)17-9-5-2-6-10-17/h1-10,13-14,19,21H,11-12,15H2,(H,26,27). The molecule has 1 atom stereocenters. The molecule has 0 bridgehead atoms. The summed E-state index contributed by atoms with van der Waals surface area (Å²) in [5.41, 5.74) is 2.36. The largest absolute Gasteiger partial charge is 0.471 e. The van der Waals surface area contributed by atoms with Crippen LogP contribution in [0.3, 0.4) is 0 Å². The maximum atomic E-state index is 12.9. The number of nitrogens with one attached hydrogen (secondary N) is 1. The summed E-state index contributed by atoms with van der Waals surface area (Å²) in [5, 5.41) is 3.39. The number of ether oxygens (including phenoxy) is 2. The Morgan fingerprint density at radius 2 is 1.76 bits per heavy atom. The highest BCUT2D eigenvalue weighted by molar-refractivity contribution is 6.32. The van der Waals surface area contributed by atoms with E-state index in [1.807, 2.05) is 60.7 Å². The van der Waals surface area contributed by atoms with Crippen molar-refractivity contribution in [3.63, 3.8) is 0 Å². The van der Waals surface area contributed by atoms with Crippen LogP contribution < -0.4 is 10.1 Å². The molecule has 0 aliphatic carbocycles. The van der Waals surface area contributed by atoms with E-state index in [0.29, 0.717) is 29.7 Å². The highest BCUT2D eigenvalue weighted by Gasteiger charge is 2.21. The number of amides is 1. The molecule has 1 aromatic heterocycles. The van der Waals surface area contributed by atoms with E-state index < -0.39 is 0 Å². The Morgan fingerprint density at radius 3 is 2.31 bits per heavy atom. The molecule has 1 unspecified atom stereocenters. The number of aromatic nitrogens is 1. The summed E-state index contributed by atoms with van der Waals surface area (Å²) in [5.74, 6) is 0.0641. The zero-order chi connectivity index (χ0) is 20.1. The molecule has 0 saturated carbocycles. The molecule has 1 amide bonds. The average Bonchev–Trinajstić information content (AvgIpc) is 3.28. The Labute approximate surface area is 174 Å². The van der Waals surface area contributed by atoms with Gasteiger partial charge in [0.25, 0.3) is 5.91 Å². The summed E-state index contributed by atoms with van der Waals surface area (Å²) in [6.45, 7) is 1.19. The lowest BCUT2D eigenvalue weighted by Gasteiger charge is -2.20. The van der Waals surface area contributed by atoms with Crippen LogP contribution in [-0.4, -0.2) is 30.2 Å². The van der Waals surface area contributed by atoms with Crippen molar-refractivity contribution in [3.05, 3.63) is 94.6 Å². The number of carbonyl (C=O) groups is 1. The monoisotopic (exact) mass is 408 g/mol. The van der Waals surface area contributed by atoms with Crippen LogP contribution >= 0.6 is 11.6 Å². The second-order valence-corrected chi connectivity index (χ2v) is 7.25. The minimum atomic E-state index is -0.282. The van der Waals surface area contributed by atoms with Gasteiger partial charge in [0.2, 0.25) is 5.88 Å². The first-order chi connectivity index (χ1) is 14.2. The Hall–Kier alpha value is -2.89. The van der Waals surface area contributed by atoms with Crippen LogP contribution in [0.5, 0.6) is 5.88 Å². The number of benzene rings is 2. The van der Waals surface area contributed by atoms with Gasteiger partial charge in [-0.1, -0.05) is 72.3 Å². The molecule has 1 saturated heterocycles. The van der Waals surface area contributed by atoms with E-state index in [4.69, 9.17) is 21.1 Å². The number of carbonyl (C=O) groups excluding carboxylic acids is 1. The highest BCUT2D eigenvalue weighted by atomic mass is 35.5. The lowest BCUT2D eigenvalue weighted by molar-refractivity contribution is 0.0942. The second kappa shape index (κ2) is 9.07. The lowest BCUT2D eigenvalue weighted by Crippen LogP contribution is -2.29. The molecule has 0 radical (unpaired) electrons. The first-order valence-corrected chi connectivity index (χ1v) is 9.89. The number of pyridine rings is 1. The summed E-state index contributed by atoms with van der Waals surface area (Å²) in [6.07, 6.45) is 2.23. The molecule has 5 nitrogen and oxygen atoms in total. The Bertz CT molecular complexity index is 921. The molecule has 1 fully saturated rings. The van der Waals surface area contributed by atoms with E-state index in [1.54, 1.807) is 6.07 Å². The van der Waals surface area contributed by atoms with Crippen LogP contribution in [0.15, 0.2) is 72.9 Å². The predicted molar refractivity (Wildman–Crippen MR) is 111 cm³/mol. The third kappa shape index (κ3) is 4.75. The molecule has 1 aliphatic heterocycles. The van der Waals surface area contributed by atoms with Crippen LogP contribution in [0.2, 0.25) is 5.02 Å². The maximum Gasteiger partial charge on any atom is 0.253 e. The smallest absolute Gasteiger partial charge is 0.253 e. The van der Waals surface area contributed by atoms with Gasteiger partial charge in [0.15, 0.2) is 0 Å². The topological polar surface area (TPSA) is 60.5 Å². The fourth-order valence-electron chi connectivity index (χ4n) is 3.26. The first-order valence-electron chi connectivity index (χ1n) is 9.51. The van der Waals surface area contributed by atoms with Crippen molar-refractivity contribution in [2.45, 2.75) is 18.6 Å². The van der Waals surface area contributed by atoms with Gasteiger partial charge >= 0.3 is 0 Å². The van der Waals surface area contributed by atoms with E-state index in [-0.39, 0.29) is 18.1 Å². The number of rotatable bonds is 6. The number of hydrogen-bond donors (Lipinski definition) is 1. The summed E-state index contributed by atoms with van der Waals surface area (Å²) < 4.78 is 11.1. The van der Waals surface area contributed by atoms with E-state index in [9.17, 15) is 4.79 Å². The summed E-state index contributed by atoms with van der Waals surface area (Å²) >= 11 is 6.31. The van der Waals surface area contributed by atoms with E-state index >= 15 is 0 Å². The van der Waals surface area contributed by atoms with Crippen LogP contribution in [0.1, 0.15) is 33.9 Å². The molecule has 1 aliphatic rings. The van der Waals surface area contributed by atoms with Gasteiger partial charge < -0.3 is 14.8 Å². The second-order valence-electron chi connectivity index (χ2n) is 6.84. The summed E-state index contributed by atoms with van der Waals surface area (Å²) in [7, 11) is 0. The van der Waals surface area contributed by atoms with Crippen molar-refractivity contribution < 1.29 is 14.3 Å². The average molecular weight is 409 g/mol. The molecule has 3 aromatic rings.